The lowest BCUT2D eigenvalue weighted by molar-refractivity contribution is -0.387. The van der Waals surface area contributed by atoms with Gasteiger partial charge in [0.05, 0.1) is 10.6 Å². The fourth-order valence-electron chi connectivity index (χ4n) is 1.61. The number of nitrogens with one attached hydrogen (secondary N) is 2. The van der Waals surface area contributed by atoms with Gasteiger partial charge in [0.15, 0.2) is 4.90 Å². The number of rotatable bonds is 6. The molecule has 0 spiro atoms. The van der Waals surface area contributed by atoms with E-state index in [4.69, 9.17) is 5.84 Å². The monoisotopic (exact) mass is 316 g/mol. The lowest BCUT2D eigenvalue weighted by Crippen LogP contribution is -2.28. The molecule has 0 unspecified atom stereocenters. The van der Waals surface area contributed by atoms with Crippen LogP contribution in [-0.4, -0.2) is 19.9 Å². The summed E-state index contributed by atoms with van der Waals surface area (Å²) in [6, 6.07) is 3.58. The third-order valence-electron chi connectivity index (χ3n) is 2.78. The van der Waals surface area contributed by atoms with Crippen molar-refractivity contribution >= 4 is 21.4 Å². The van der Waals surface area contributed by atoms with Crippen LogP contribution in [0.3, 0.4) is 0 Å². The zero-order valence-corrected chi connectivity index (χ0v) is 13.0. The van der Waals surface area contributed by atoms with Crippen LogP contribution in [0.15, 0.2) is 23.1 Å². The number of nitrogens with two attached hydrogens (primary N) is 1. The number of nitro benzene ring substituents is 1. The molecule has 21 heavy (non-hydrogen) atoms. The number of nitrogen functional groups attached to an aromatic ring is 1. The van der Waals surface area contributed by atoms with E-state index < -0.39 is 25.5 Å². The Kier molecular flexibility index (Phi) is 5.26. The highest BCUT2D eigenvalue weighted by Crippen LogP contribution is 2.27. The molecule has 1 aromatic rings. The predicted molar refractivity (Wildman–Crippen MR) is 80.2 cm³/mol. The zero-order chi connectivity index (χ0) is 16.3. The van der Waals surface area contributed by atoms with E-state index >= 15 is 0 Å². The summed E-state index contributed by atoms with van der Waals surface area (Å²) < 4.78 is 26.8. The summed E-state index contributed by atoms with van der Waals surface area (Å²) in [5.74, 6) is 5.21. The second-order valence-electron chi connectivity index (χ2n) is 5.79. The van der Waals surface area contributed by atoms with Crippen molar-refractivity contribution in [3.05, 3.63) is 28.3 Å². The van der Waals surface area contributed by atoms with Gasteiger partial charge < -0.3 is 5.43 Å². The van der Waals surface area contributed by atoms with E-state index in [1.54, 1.807) is 0 Å². The Labute approximate surface area is 123 Å². The van der Waals surface area contributed by atoms with Crippen LogP contribution in [0.5, 0.6) is 0 Å². The molecule has 1 aromatic carbocycles. The van der Waals surface area contributed by atoms with Gasteiger partial charge in [-0.3, -0.25) is 16.0 Å². The van der Waals surface area contributed by atoms with Gasteiger partial charge in [-0.1, -0.05) is 20.8 Å². The van der Waals surface area contributed by atoms with Crippen LogP contribution < -0.4 is 16.0 Å². The number of nitrogens with zero attached hydrogens (tertiary/aromatic N) is 1. The molecule has 0 aliphatic carbocycles. The maximum Gasteiger partial charge on any atom is 0.289 e. The zero-order valence-electron chi connectivity index (χ0n) is 12.2. The smallest absolute Gasteiger partial charge is 0.289 e. The number of nitro groups is 1. The molecule has 118 valence electrons. The Balaban J connectivity index is 3.08. The largest absolute Gasteiger partial charge is 0.324 e. The number of hydrazine groups is 1. The first kappa shape index (κ1) is 17.3. The standard InChI is InChI=1S/C12H20N4O4S/c1-12(2,3)6-7-14-21(19,20)11-8-9(15-13)4-5-10(11)16(17)18/h4-5,8,14-15H,6-7,13H2,1-3H3. The van der Waals surface area contributed by atoms with E-state index in [0.29, 0.717) is 6.42 Å². The third-order valence-corrected chi connectivity index (χ3v) is 4.27. The summed E-state index contributed by atoms with van der Waals surface area (Å²) >= 11 is 0. The van der Waals surface area contributed by atoms with Crippen LogP contribution in [0.2, 0.25) is 0 Å². The molecule has 0 radical (unpaired) electrons. The quantitative estimate of drug-likeness (QED) is 0.415. The van der Waals surface area contributed by atoms with Crippen LogP contribution in [0.4, 0.5) is 11.4 Å². The molecule has 0 amide bonds. The number of hydrogen-bond donors (Lipinski definition) is 3. The van der Waals surface area contributed by atoms with E-state index in [0.717, 1.165) is 12.1 Å². The summed E-state index contributed by atoms with van der Waals surface area (Å²) in [4.78, 5) is 9.82. The van der Waals surface area contributed by atoms with Gasteiger partial charge in [0.25, 0.3) is 5.69 Å². The Morgan fingerprint density at radius 2 is 1.95 bits per heavy atom. The molecule has 0 aliphatic heterocycles. The average molecular weight is 316 g/mol. The number of sulfonamides is 1. The van der Waals surface area contributed by atoms with Crippen molar-refractivity contribution in [1.29, 1.82) is 0 Å². The van der Waals surface area contributed by atoms with Gasteiger partial charge in [0.1, 0.15) is 0 Å². The predicted octanol–water partition coefficient (Wildman–Crippen LogP) is 1.59. The molecule has 0 heterocycles. The van der Waals surface area contributed by atoms with Crippen molar-refractivity contribution in [2.24, 2.45) is 11.3 Å². The minimum Gasteiger partial charge on any atom is -0.324 e. The summed E-state index contributed by atoms with van der Waals surface area (Å²) in [5.41, 5.74) is 2.01. The van der Waals surface area contributed by atoms with Gasteiger partial charge in [0, 0.05) is 12.6 Å². The molecule has 1 rings (SSSR count). The molecule has 0 fully saturated rings. The van der Waals surface area contributed by atoms with Gasteiger partial charge in [-0.15, -0.1) is 0 Å². The molecular formula is C12H20N4O4S. The van der Waals surface area contributed by atoms with Crippen LogP contribution in [0.1, 0.15) is 27.2 Å². The first-order valence-corrected chi connectivity index (χ1v) is 7.80. The van der Waals surface area contributed by atoms with Gasteiger partial charge in [-0.2, -0.15) is 0 Å². The van der Waals surface area contributed by atoms with Crippen molar-refractivity contribution in [2.75, 3.05) is 12.0 Å². The first-order valence-electron chi connectivity index (χ1n) is 6.31. The summed E-state index contributed by atoms with van der Waals surface area (Å²) in [6.45, 7) is 6.12. The molecule has 0 aliphatic rings. The normalized spacial score (nSPS) is 12.2. The van der Waals surface area contributed by atoms with Gasteiger partial charge in [-0.25, -0.2) is 13.1 Å². The fraction of sp³-hybridized carbons (Fsp3) is 0.500. The highest BCUT2D eigenvalue weighted by molar-refractivity contribution is 7.89. The second-order valence-corrected chi connectivity index (χ2v) is 7.53. The lowest BCUT2D eigenvalue weighted by Gasteiger charge is -2.18. The maximum atomic E-state index is 12.2. The first-order chi connectivity index (χ1) is 9.57. The number of anilines is 1. The summed E-state index contributed by atoms with van der Waals surface area (Å²) in [6.07, 6.45) is 0.606. The molecule has 0 saturated carbocycles. The molecule has 0 bridgehead atoms. The highest BCUT2D eigenvalue weighted by atomic mass is 32.2. The van der Waals surface area contributed by atoms with Crippen molar-refractivity contribution in [3.63, 3.8) is 0 Å². The van der Waals surface area contributed by atoms with Gasteiger partial charge in [0.2, 0.25) is 10.0 Å². The molecule has 4 N–H and O–H groups in total. The van der Waals surface area contributed by atoms with E-state index in [9.17, 15) is 18.5 Å². The molecular weight excluding hydrogens is 296 g/mol. The van der Waals surface area contributed by atoms with Crippen LogP contribution in [0.25, 0.3) is 0 Å². The number of hydrogen-bond acceptors (Lipinski definition) is 6. The highest BCUT2D eigenvalue weighted by Gasteiger charge is 2.26. The van der Waals surface area contributed by atoms with Crippen molar-refractivity contribution in [1.82, 2.24) is 4.72 Å². The third kappa shape index (κ3) is 4.96. The van der Waals surface area contributed by atoms with Crippen molar-refractivity contribution in [3.8, 4) is 0 Å². The van der Waals surface area contributed by atoms with Crippen molar-refractivity contribution < 1.29 is 13.3 Å². The maximum absolute atomic E-state index is 12.2. The van der Waals surface area contributed by atoms with E-state index in [1.165, 1.54) is 6.07 Å². The Bertz CT molecular complexity index is 623. The molecule has 0 saturated heterocycles. The van der Waals surface area contributed by atoms with E-state index in [-0.39, 0.29) is 17.6 Å². The van der Waals surface area contributed by atoms with E-state index in [1.807, 2.05) is 20.8 Å². The van der Waals surface area contributed by atoms with Crippen LogP contribution >= 0.6 is 0 Å². The van der Waals surface area contributed by atoms with Crippen LogP contribution in [-0.2, 0) is 10.0 Å². The topological polar surface area (TPSA) is 127 Å². The van der Waals surface area contributed by atoms with Crippen LogP contribution in [0, 0.1) is 15.5 Å². The van der Waals surface area contributed by atoms with Gasteiger partial charge in [-0.05, 0) is 24.0 Å². The molecule has 0 aromatic heterocycles. The Morgan fingerprint density at radius 1 is 1.33 bits per heavy atom. The molecule has 8 nitrogen and oxygen atoms in total. The lowest BCUT2D eigenvalue weighted by atomic mass is 9.93. The minimum atomic E-state index is -3.98. The molecule has 0 atom stereocenters. The average Bonchev–Trinajstić information content (AvgIpc) is 2.36. The summed E-state index contributed by atoms with van der Waals surface area (Å²) in [5, 5.41) is 11.0. The van der Waals surface area contributed by atoms with Gasteiger partial charge >= 0.3 is 0 Å². The second kappa shape index (κ2) is 6.37. The summed E-state index contributed by atoms with van der Waals surface area (Å²) in [7, 11) is -3.98. The Hall–Kier alpha value is -1.71. The van der Waals surface area contributed by atoms with Crippen molar-refractivity contribution in [2.45, 2.75) is 32.1 Å². The number of benzene rings is 1. The Morgan fingerprint density at radius 3 is 2.43 bits per heavy atom. The minimum absolute atomic E-state index is 0.0465. The molecule has 9 heteroatoms. The SMILES string of the molecule is CC(C)(C)CCNS(=O)(=O)c1cc(NN)ccc1[N+](=O)[O-]. The fourth-order valence-corrected chi connectivity index (χ4v) is 2.83. The van der Waals surface area contributed by atoms with E-state index in [2.05, 4.69) is 10.1 Å².